The molecule has 0 amide bonds. The summed E-state index contributed by atoms with van der Waals surface area (Å²) in [7, 11) is 0. The molecular weight excluding hydrogens is 72.1 g/mol. The van der Waals surface area contributed by atoms with Crippen molar-refractivity contribution in [2.45, 2.75) is 20.3 Å². The summed E-state index contributed by atoms with van der Waals surface area (Å²) in [6.07, 6.45) is 3.14. The molecule has 0 aromatic carbocycles. The lowest BCUT2D eigenvalue weighted by Crippen LogP contribution is -1.83. The van der Waals surface area contributed by atoms with Gasteiger partial charge in [-0.3, -0.25) is 0 Å². The smallest absolute Gasteiger partial charge is 0.0360 e. The lowest BCUT2D eigenvalue weighted by atomic mass is 10.1. The fourth-order valence-electron chi connectivity index (χ4n) is 0.333. The van der Waals surface area contributed by atoms with Crippen LogP contribution >= 0.6 is 0 Å². The summed E-state index contributed by atoms with van der Waals surface area (Å²) in [6, 6.07) is 0. The van der Waals surface area contributed by atoms with Gasteiger partial charge >= 0.3 is 0 Å². The van der Waals surface area contributed by atoms with E-state index in [0.29, 0.717) is 5.92 Å². The van der Waals surface area contributed by atoms with E-state index in [1.165, 1.54) is 0 Å². The Morgan fingerprint density at radius 2 is 2.17 bits per heavy atom. The minimum atomic E-state index is 0.711. The van der Waals surface area contributed by atoms with Crippen molar-refractivity contribution in [1.82, 2.24) is 0 Å². The fraction of sp³-hybridized carbons (Fsp3) is 0.667. The first kappa shape index (κ1) is 6.00. The summed E-state index contributed by atoms with van der Waals surface area (Å²) in [4.78, 5) is 0. The Morgan fingerprint density at radius 3 is 2.17 bits per heavy atom. The van der Waals surface area contributed by atoms with E-state index in [1.807, 2.05) is 0 Å². The highest BCUT2D eigenvalue weighted by molar-refractivity contribution is 4.68. The van der Waals surface area contributed by atoms with Gasteiger partial charge < -0.3 is 0 Å². The quantitative estimate of drug-likeness (QED) is 0.480. The predicted molar refractivity (Wildman–Crippen MR) is 29.1 cm³/mol. The Morgan fingerprint density at radius 1 is 1.67 bits per heavy atom. The van der Waals surface area contributed by atoms with E-state index < -0.39 is 0 Å². The third-order valence-corrected chi connectivity index (χ3v) is 0.638. The highest BCUT2D eigenvalue weighted by Gasteiger charge is 1.86. The Labute approximate surface area is 40.6 Å². The SMILES string of the molecule is [CH2]C[CH]C(C)C. The lowest BCUT2D eigenvalue weighted by Gasteiger charge is -1.95. The molecule has 0 rings (SSSR count). The second-order valence-electron chi connectivity index (χ2n) is 1.77. The molecule has 0 aliphatic heterocycles. The first-order valence-corrected chi connectivity index (χ1v) is 2.40. The zero-order valence-corrected chi connectivity index (χ0v) is 4.57. The highest BCUT2D eigenvalue weighted by Crippen LogP contribution is 1.98. The topological polar surface area (TPSA) is 0 Å². The van der Waals surface area contributed by atoms with Gasteiger partial charge in [-0.2, -0.15) is 0 Å². The van der Waals surface area contributed by atoms with Crippen LogP contribution in [0.15, 0.2) is 0 Å². The van der Waals surface area contributed by atoms with Crippen LogP contribution in [-0.2, 0) is 0 Å². The predicted octanol–water partition coefficient (Wildman–Crippen LogP) is 2.07. The van der Waals surface area contributed by atoms with Crippen LogP contribution in [0, 0.1) is 19.3 Å². The summed E-state index contributed by atoms with van der Waals surface area (Å²) < 4.78 is 0. The van der Waals surface area contributed by atoms with E-state index in [2.05, 4.69) is 27.2 Å². The van der Waals surface area contributed by atoms with Gasteiger partial charge in [0.1, 0.15) is 0 Å². The molecule has 0 heteroatoms. The molecule has 0 saturated heterocycles. The molecule has 0 N–H and O–H groups in total. The average molecular weight is 84.2 g/mol. The summed E-state index contributed by atoms with van der Waals surface area (Å²) in [5.74, 6) is 0.711. The largest absolute Gasteiger partial charge is 0.0625 e. The van der Waals surface area contributed by atoms with Crippen LogP contribution in [-0.4, -0.2) is 0 Å². The molecule has 0 bridgehead atoms. The van der Waals surface area contributed by atoms with Crippen molar-refractivity contribution in [3.63, 3.8) is 0 Å². The molecule has 0 aliphatic carbocycles. The molecule has 0 saturated carbocycles. The molecule has 6 heavy (non-hydrogen) atoms. The van der Waals surface area contributed by atoms with Crippen LogP contribution in [0.5, 0.6) is 0 Å². The monoisotopic (exact) mass is 84.1 g/mol. The molecule has 0 aromatic heterocycles. The fourth-order valence-corrected chi connectivity index (χ4v) is 0.333. The van der Waals surface area contributed by atoms with Gasteiger partial charge in [0.2, 0.25) is 0 Å². The number of hydrogen-bond donors (Lipinski definition) is 0. The molecule has 0 nitrogen and oxygen atoms in total. The standard InChI is InChI=1S/C6H12/c1-4-5-6(2)3/h5-6H,1,4H2,2-3H3. The maximum Gasteiger partial charge on any atom is -0.0360 e. The van der Waals surface area contributed by atoms with Gasteiger partial charge in [0, 0.05) is 0 Å². The molecule has 0 spiro atoms. The van der Waals surface area contributed by atoms with Crippen molar-refractivity contribution in [2.75, 3.05) is 0 Å². The highest BCUT2D eigenvalue weighted by atomic mass is 13.9. The zero-order valence-electron chi connectivity index (χ0n) is 4.57. The van der Waals surface area contributed by atoms with E-state index >= 15 is 0 Å². The summed E-state index contributed by atoms with van der Waals surface area (Å²) in [6.45, 7) is 7.99. The van der Waals surface area contributed by atoms with Crippen LogP contribution in [0.2, 0.25) is 0 Å². The maximum atomic E-state index is 3.67. The molecule has 0 fully saturated rings. The van der Waals surface area contributed by atoms with Gasteiger partial charge in [-0.15, -0.1) is 0 Å². The first-order valence-electron chi connectivity index (χ1n) is 2.40. The van der Waals surface area contributed by atoms with Gasteiger partial charge in [-0.1, -0.05) is 20.8 Å². The second kappa shape index (κ2) is 3.20. The van der Waals surface area contributed by atoms with Crippen molar-refractivity contribution < 1.29 is 0 Å². The van der Waals surface area contributed by atoms with Gasteiger partial charge in [0.25, 0.3) is 0 Å². The summed E-state index contributed by atoms with van der Waals surface area (Å²) >= 11 is 0. The van der Waals surface area contributed by atoms with Gasteiger partial charge in [-0.25, -0.2) is 0 Å². The van der Waals surface area contributed by atoms with Gasteiger partial charge in [-0.05, 0) is 18.8 Å². The molecule has 36 valence electrons. The maximum absolute atomic E-state index is 3.67. The van der Waals surface area contributed by atoms with Crippen molar-refractivity contribution in [3.8, 4) is 0 Å². The molecule has 2 radical (unpaired) electrons. The third-order valence-electron chi connectivity index (χ3n) is 0.638. The number of hydrogen-bond acceptors (Lipinski definition) is 0. The normalized spacial score (nSPS) is 10.0. The van der Waals surface area contributed by atoms with Crippen LogP contribution in [0.3, 0.4) is 0 Å². The molecular formula is C6H12. The van der Waals surface area contributed by atoms with Crippen LogP contribution < -0.4 is 0 Å². The second-order valence-corrected chi connectivity index (χ2v) is 1.77. The van der Waals surface area contributed by atoms with E-state index in [9.17, 15) is 0 Å². The number of rotatable bonds is 2. The van der Waals surface area contributed by atoms with Crippen molar-refractivity contribution in [3.05, 3.63) is 13.3 Å². The Kier molecular flexibility index (Phi) is 3.20. The molecule has 0 atom stereocenters. The zero-order chi connectivity index (χ0) is 4.99. The van der Waals surface area contributed by atoms with E-state index in [1.54, 1.807) is 0 Å². The third kappa shape index (κ3) is 4.00. The molecule has 0 aromatic rings. The summed E-state index contributed by atoms with van der Waals surface area (Å²) in [5.41, 5.74) is 0. The van der Waals surface area contributed by atoms with E-state index in [0.717, 1.165) is 6.42 Å². The Bertz CT molecular complexity index is 21.2. The van der Waals surface area contributed by atoms with Crippen molar-refractivity contribution in [1.29, 1.82) is 0 Å². The Hall–Kier alpha value is 0. The van der Waals surface area contributed by atoms with E-state index in [-0.39, 0.29) is 0 Å². The van der Waals surface area contributed by atoms with Gasteiger partial charge in [0.05, 0.1) is 0 Å². The van der Waals surface area contributed by atoms with Gasteiger partial charge in [0.15, 0.2) is 0 Å². The minimum absolute atomic E-state index is 0.711. The average Bonchev–Trinajstić information content (AvgIpc) is 1.35. The minimum Gasteiger partial charge on any atom is -0.0625 e. The first-order chi connectivity index (χ1) is 2.77. The van der Waals surface area contributed by atoms with E-state index in [4.69, 9.17) is 0 Å². The van der Waals surface area contributed by atoms with Crippen LogP contribution in [0.4, 0.5) is 0 Å². The molecule has 0 unspecified atom stereocenters. The van der Waals surface area contributed by atoms with Crippen LogP contribution in [0.25, 0.3) is 0 Å². The van der Waals surface area contributed by atoms with Crippen molar-refractivity contribution in [2.24, 2.45) is 5.92 Å². The van der Waals surface area contributed by atoms with Crippen LogP contribution in [0.1, 0.15) is 20.3 Å². The lowest BCUT2D eigenvalue weighted by molar-refractivity contribution is 0.738. The summed E-state index contributed by atoms with van der Waals surface area (Å²) in [5, 5.41) is 0. The molecule has 0 aliphatic rings. The van der Waals surface area contributed by atoms with Crippen molar-refractivity contribution >= 4 is 0 Å². The molecule has 0 heterocycles. The Balaban J connectivity index is 2.63.